The lowest BCUT2D eigenvalue weighted by Crippen LogP contribution is -2.16. The van der Waals surface area contributed by atoms with Gasteiger partial charge in [-0.05, 0) is 17.7 Å². The number of aromatic amines is 1. The lowest BCUT2D eigenvalue weighted by atomic mass is 10.2. The number of benzene rings is 1. The minimum atomic E-state index is 0.252. The third kappa shape index (κ3) is 2.70. The second kappa shape index (κ2) is 5.83. The topological polar surface area (TPSA) is 68.4 Å². The number of ether oxygens (including phenoxy) is 3. The molecule has 1 aliphatic heterocycles. The van der Waals surface area contributed by atoms with Crippen molar-refractivity contribution in [3.8, 4) is 17.2 Å². The zero-order valence-electron chi connectivity index (χ0n) is 11.3. The van der Waals surface area contributed by atoms with Crippen LogP contribution in [-0.2, 0) is 13.0 Å². The first kappa shape index (κ1) is 12.8. The van der Waals surface area contributed by atoms with Gasteiger partial charge in [0.05, 0.1) is 13.4 Å². The van der Waals surface area contributed by atoms with Gasteiger partial charge in [0.1, 0.15) is 0 Å². The first-order valence-electron chi connectivity index (χ1n) is 6.51. The molecule has 106 valence electrons. The highest BCUT2D eigenvalue weighted by Crippen LogP contribution is 2.41. The van der Waals surface area contributed by atoms with Gasteiger partial charge in [-0.15, -0.1) is 0 Å². The minimum Gasteiger partial charge on any atom is -0.493 e. The van der Waals surface area contributed by atoms with Crippen LogP contribution >= 0.6 is 0 Å². The van der Waals surface area contributed by atoms with E-state index in [2.05, 4.69) is 15.3 Å². The summed E-state index contributed by atoms with van der Waals surface area (Å²) in [5, 5.41) is 3.38. The first-order chi connectivity index (χ1) is 9.86. The standard InChI is InChI=1S/C14H17N3O3/c1-18-12-4-10(5-13-14(12)20-9-19-13)6-15-3-2-11-7-16-8-17-11/h4-5,7-8,15H,2-3,6,9H2,1H3,(H,16,17). The van der Waals surface area contributed by atoms with E-state index >= 15 is 0 Å². The van der Waals surface area contributed by atoms with Crippen LogP contribution in [0.2, 0.25) is 0 Å². The molecule has 6 nitrogen and oxygen atoms in total. The van der Waals surface area contributed by atoms with Gasteiger partial charge in [-0.2, -0.15) is 0 Å². The number of imidazole rings is 1. The van der Waals surface area contributed by atoms with Crippen LogP contribution in [0, 0.1) is 0 Å². The minimum absolute atomic E-state index is 0.252. The van der Waals surface area contributed by atoms with E-state index < -0.39 is 0 Å². The molecule has 0 saturated carbocycles. The first-order valence-corrected chi connectivity index (χ1v) is 6.51. The molecular weight excluding hydrogens is 258 g/mol. The fourth-order valence-corrected chi connectivity index (χ4v) is 2.16. The maximum atomic E-state index is 5.40. The van der Waals surface area contributed by atoms with Gasteiger partial charge in [-0.1, -0.05) is 0 Å². The number of hydrogen-bond acceptors (Lipinski definition) is 5. The fraction of sp³-hybridized carbons (Fsp3) is 0.357. The summed E-state index contributed by atoms with van der Waals surface area (Å²) in [6, 6.07) is 3.95. The van der Waals surface area contributed by atoms with Gasteiger partial charge < -0.3 is 24.5 Å². The van der Waals surface area contributed by atoms with Crippen molar-refractivity contribution in [2.24, 2.45) is 0 Å². The third-order valence-corrected chi connectivity index (χ3v) is 3.17. The molecule has 6 heteroatoms. The van der Waals surface area contributed by atoms with Gasteiger partial charge in [-0.25, -0.2) is 4.98 Å². The van der Waals surface area contributed by atoms with Crippen molar-refractivity contribution in [1.29, 1.82) is 0 Å². The van der Waals surface area contributed by atoms with E-state index in [0.717, 1.165) is 36.5 Å². The Kier molecular flexibility index (Phi) is 3.73. The number of nitrogens with one attached hydrogen (secondary N) is 2. The Bertz CT molecular complexity index is 569. The Labute approximate surface area is 117 Å². The number of aromatic nitrogens is 2. The predicted octanol–water partition coefficient (Wildman–Crippen LogP) is 1.48. The Balaban J connectivity index is 1.57. The molecule has 0 saturated heterocycles. The Morgan fingerprint density at radius 3 is 3.15 bits per heavy atom. The molecule has 0 aliphatic carbocycles. The van der Waals surface area contributed by atoms with E-state index in [1.807, 2.05) is 18.3 Å². The van der Waals surface area contributed by atoms with Gasteiger partial charge in [0.15, 0.2) is 11.5 Å². The Morgan fingerprint density at radius 2 is 2.35 bits per heavy atom. The molecule has 2 N–H and O–H groups in total. The molecule has 2 heterocycles. The molecule has 2 aromatic rings. The second-order valence-corrected chi connectivity index (χ2v) is 4.54. The summed E-state index contributed by atoms with van der Waals surface area (Å²) in [7, 11) is 1.63. The van der Waals surface area contributed by atoms with Crippen molar-refractivity contribution in [2.75, 3.05) is 20.4 Å². The number of H-pyrrole nitrogens is 1. The molecule has 0 amide bonds. The van der Waals surface area contributed by atoms with Crippen LogP contribution in [0.4, 0.5) is 0 Å². The Morgan fingerprint density at radius 1 is 1.40 bits per heavy atom. The summed E-state index contributed by atoms with van der Waals surface area (Å²) < 4.78 is 16.1. The van der Waals surface area contributed by atoms with Crippen molar-refractivity contribution < 1.29 is 14.2 Å². The fourth-order valence-electron chi connectivity index (χ4n) is 2.16. The largest absolute Gasteiger partial charge is 0.493 e. The number of hydrogen-bond donors (Lipinski definition) is 2. The second-order valence-electron chi connectivity index (χ2n) is 4.54. The molecule has 0 atom stereocenters. The van der Waals surface area contributed by atoms with Crippen LogP contribution in [0.1, 0.15) is 11.3 Å². The predicted molar refractivity (Wildman–Crippen MR) is 73.1 cm³/mol. The van der Waals surface area contributed by atoms with Crippen molar-refractivity contribution in [1.82, 2.24) is 15.3 Å². The van der Waals surface area contributed by atoms with Gasteiger partial charge >= 0.3 is 0 Å². The monoisotopic (exact) mass is 275 g/mol. The van der Waals surface area contributed by atoms with Crippen LogP contribution in [0.3, 0.4) is 0 Å². The molecule has 0 fully saturated rings. The van der Waals surface area contributed by atoms with Crippen LogP contribution in [-0.4, -0.2) is 30.4 Å². The number of nitrogens with zero attached hydrogens (tertiary/aromatic N) is 1. The van der Waals surface area contributed by atoms with Crippen LogP contribution in [0.5, 0.6) is 17.2 Å². The lowest BCUT2D eigenvalue weighted by Gasteiger charge is -2.09. The summed E-state index contributed by atoms with van der Waals surface area (Å²) in [6.45, 7) is 1.88. The SMILES string of the molecule is COc1cc(CNCCc2cnc[nH]2)cc2c1OCO2. The molecule has 0 spiro atoms. The van der Waals surface area contributed by atoms with Crippen molar-refractivity contribution in [3.63, 3.8) is 0 Å². The molecule has 0 bridgehead atoms. The molecule has 0 radical (unpaired) electrons. The van der Waals surface area contributed by atoms with Crippen LogP contribution in [0.25, 0.3) is 0 Å². The summed E-state index contributed by atoms with van der Waals surface area (Å²) in [4.78, 5) is 7.07. The zero-order chi connectivity index (χ0) is 13.8. The van der Waals surface area contributed by atoms with Gasteiger partial charge in [0.25, 0.3) is 0 Å². The van der Waals surface area contributed by atoms with Crippen molar-refractivity contribution in [2.45, 2.75) is 13.0 Å². The lowest BCUT2D eigenvalue weighted by molar-refractivity contribution is 0.171. The third-order valence-electron chi connectivity index (χ3n) is 3.17. The van der Waals surface area contributed by atoms with E-state index in [1.54, 1.807) is 13.4 Å². The highest BCUT2D eigenvalue weighted by Gasteiger charge is 2.19. The molecule has 0 unspecified atom stereocenters. The van der Waals surface area contributed by atoms with Crippen molar-refractivity contribution in [3.05, 3.63) is 35.9 Å². The number of methoxy groups -OCH3 is 1. The highest BCUT2D eigenvalue weighted by molar-refractivity contribution is 5.55. The Hall–Kier alpha value is -2.21. The van der Waals surface area contributed by atoms with Crippen LogP contribution in [0.15, 0.2) is 24.7 Å². The molecule has 1 aliphatic rings. The van der Waals surface area contributed by atoms with Crippen LogP contribution < -0.4 is 19.5 Å². The van der Waals surface area contributed by atoms with E-state index in [0.29, 0.717) is 11.5 Å². The number of rotatable bonds is 6. The number of fused-ring (bicyclic) bond motifs is 1. The summed E-state index contributed by atoms with van der Waals surface area (Å²) >= 11 is 0. The molecule has 20 heavy (non-hydrogen) atoms. The summed E-state index contributed by atoms with van der Waals surface area (Å²) in [5.41, 5.74) is 2.23. The van der Waals surface area contributed by atoms with E-state index in [-0.39, 0.29) is 6.79 Å². The molecule has 3 rings (SSSR count). The van der Waals surface area contributed by atoms with E-state index in [4.69, 9.17) is 14.2 Å². The molecule has 1 aromatic carbocycles. The van der Waals surface area contributed by atoms with Crippen molar-refractivity contribution >= 4 is 0 Å². The molecular formula is C14H17N3O3. The maximum absolute atomic E-state index is 5.40. The van der Waals surface area contributed by atoms with E-state index in [1.165, 1.54) is 0 Å². The summed E-state index contributed by atoms with van der Waals surface area (Å²) in [5.74, 6) is 2.15. The van der Waals surface area contributed by atoms with Gasteiger partial charge in [0.2, 0.25) is 12.5 Å². The van der Waals surface area contributed by atoms with Gasteiger partial charge in [-0.3, -0.25) is 0 Å². The summed E-state index contributed by atoms with van der Waals surface area (Å²) in [6.07, 6.45) is 4.45. The quantitative estimate of drug-likeness (QED) is 0.782. The smallest absolute Gasteiger partial charge is 0.231 e. The van der Waals surface area contributed by atoms with Gasteiger partial charge in [0, 0.05) is 31.4 Å². The molecule has 1 aromatic heterocycles. The maximum Gasteiger partial charge on any atom is 0.231 e. The van der Waals surface area contributed by atoms with E-state index in [9.17, 15) is 0 Å². The zero-order valence-corrected chi connectivity index (χ0v) is 11.3. The highest BCUT2D eigenvalue weighted by atomic mass is 16.7. The normalized spacial score (nSPS) is 12.7. The average molecular weight is 275 g/mol. The average Bonchev–Trinajstić information content (AvgIpc) is 3.13.